The molecule has 0 fully saturated rings. The first-order valence-electron chi connectivity index (χ1n) is 23.9. The Kier molecular flexibility index (Phi) is 8.33. The summed E-state index contributed by atoms with van der Waals surface area (Å²) in [7, 11) is 0. The molecule has 0 aliphatic heterocycles. The highest BCUT2D eigenvalue weighted by molar-refractivity contribution is 6.14. The summed E-state index contributed by atoms with van der Waals surface area (Å²) in [6.45, 7) is 0. The Morgan fingerprint density at radius 3 is 0.943 bits per heavy atom. The number of fused-ring (bicyclic) bond motifs is 12. The van der Waals surface area contributed by atoms with Gasteiger partial charge in [-0.25, -0.2) is 0 Å². The van der Waals surface area contributed by atoms with E-state index in [9.17, 15) is 0 Å². The van der Waals surface area contributed by atoms with E-state index >= 15 is 0 Å². The van der Waals surface area contributed by atoms with E-state index in [-0.39, 0.29) is 0 Å². The van der Waals surface area contributed by atoms with Crippen LogP contribution in [0.4, 0.5) is 0 Å². The average Bonchev–Trinajstić information content (AvgIpc) is 4.18. The van der Waals surface area contributed by atoms with Crippen LogP contribution < -0.4 is 0 Å². The molecule has 4 aromatic heterocycles. The molecule has 0 saturated carbocycles. The zero-order valence-corrected chi connectivity index (χ0v) is 37.8. The predicted molar refractivity (Wildman–Crippen MR) is 291 cm³/mol. The van der Waals surface area contributed by atoms with Crippen molar-refractivity contribution in [1.29, 1.82) is 0 Å². The molecule has 4 heteroatoms. The molecule has 0 atom stereocenters. The fraction of sp³-hybridized carbons (Fsp3) is 0. The predicted octanol–water partition coefficient (Wildman–Crippen LogP) is 18.3. The van der Waals surface area contributed by atoms with Crippen LogP contribution >= 0.6 is 0 Å². The van der Waals surface area contributed by atoms with Crippen LogP contribution in [-0.4, -0.2) is 9.13 Å². The number of rotatable bonds is 6. The SMILES string of the molecule is c1ccc(-c2ccc3c(c2)c2cc(-c4cccc(-c5ccc6c(c5)c5cc(-c7ccccc7)ccc5n6-c5ccc6oc7ccccc7c6c5)c4)ccc2n3-c2ccc3oc4ccccc4c3c2)cc1. The Balaban J connectivity index is 0.884. The summed E-state index contributed by atoms with van der Waals surface area (Å²) >= 11 is 0. The summed E-state index contributed by atoms with van der Waals surface area (Å²) in [4.78, 5) is 0. The standard InChI is InChI=1S/C66H40N2O2/c1-3-12-41(13-4-1)45-22-28-59-53(35-45)55-37-47(24-30-61(55)67(59)49-26-32-65-57(39-49)51-18-7-9-20-63(51)69-65)43-16-11-17-44(34-43)48-25-31-62-56(38-48)54-36-46(42-14-5-2-6-15-42)23-29-60(54)68(62)50-27-33-66-58(40-50)52-19-8-10-21-64(52)70-66/h1-40H. The first-order valence-corrected chi connectivity index (χ1v) is 23.9. The van der Waals surface area contributed by atoms with E-state index in [1.165, 1.54) is 66.1 Å². The lowest BCUT2D eigenvalue weighted by Crippen LogP contribution is -1.93. The quantitative estimate of drug-likeness (QED) is 0.167. The van der Waals surface area contributed by atoms with Gasteiger partial charge in [0.25, 0.3) is 0 Å². The molecule has 0 radical (unpaired) electrons. The van der Waals surface area contributed by atoms with Gasteiger partial charge in [0, 0.05) is 54.5 Å². The zero-order chi connectivity index (χ0) is 45.9. The minimum atomic E-state index is 0.891. The van der Waals surface area contributed by atoms with Gasteiger partial charge in [-0.3, -0.25) is 0 Å². The van der Waals surface area contributed by atoms with Gasteiger partial charge in [0.05, 0.1) is 22.1 Å². The highest BCUT2D eigenvalue weighted by Crippen LogP contribution is 2.42. The Labute approximate surface area is 402 Å². The van der Waals surface area contributed by atoms with Crippen molar-refractivity contribution in [3.05, 3.63) is 243 Å². The normalized spacial score (nSPS) is 12.0. The van der Waals surface area contributed by atoms with Crippen LogP contribution in [0.2, 0.25) is 0 Å². The first kappa shape index (κ1) is 38.7. The fourth-order valence-corrected chi connectivity index (χ4v) is 11.2. The van der Waals surface area contributed by atoms with Crippen molar-refractivity contribution in [3.63, 3.8) is 0 Å². The smallest absolute Gasteiger partial charge is 0.135 e. The molecule has 11 aromatic carbocycles. The van der Waals surface area contributed by atoms with E-state index in [0.29, 0.717) is 0 Å². The molecule has 0 bridgehead atoms. The average molecular weight is 893 g/mol. The molecule has 15 rings (SSSR count). The lowest BCUT2D eigenvalue weighted by molar-refractivity contribution is 0.668. The van der Waals surface area contributed by atoms with Crippen molar-refractivity contribution in [1.82, 2.24) is 9.13 Å². The molecule has 0 saturated heterocycles. The van der Waals surface area contributed by atoms with E-state index < -0.39 is 0 Å². The molecule has 326 valence electrons. The van der Waals surface area contributed by atoms with Gasteiger partial charge in [0.2, 0.25) is 0 Å². The topological polar surface area (TPSA) is 36.1 Å². The first-order chi connectivity index (χ1) is 34.7. The number of hydrogen-bond donors (Lipinski definition) is 0. The molecule has 15 aromatic rings. The van der Waals surface area contributed by atoms with Crippen LogP contribution in [0.1, 0.15) is 0 Å². The molecule has 0 aliphatic carbocycles. The van der Waals surface area contributed by atoms with Gasteiger partial charge in [0.15, 0.2) is 0 Å². The maximum atomic E-state index is 6.26. The Hall–Kier alpha value is -9.38. The van der Waals surface area contributed by atoms with Gasteiger partial charge in [-0.15, -0.1) is 0 Å². The van der Waals surface area contributed by atoms with E-state index in [2.05, 4.69) is 228 Å². The number of aromatic nitrogens is 2. The molecule has 4 heterocycles. The molecule has 0 aliphatic rings. The lowest BCUT2D eigenvalue weighted by atomic mass is 9.96. The maximum Gasteiger partial charge on any atom is 0.135 e. The van der Waals surface area contributed by atoms with Gasteiger partial charge in [-0.2, -0.15) is 0 Å². The van der Waals surface area contributed by atoms with E-state index in [1.54, 1.807) is 0 Å². The summed E-state index contributed by atoms with van der Waals surface area (Å²) in [5, 5.41) is 9.30. The largest absolute Gasteiger partial charge is 0.456 e. The molecule has 0 spiro atoms. The van der Waals surface area contributed by atoms with Gasteiger partial charge in [0.1, 0.15) is 22.3 Å². The number of para-hydroxylation sites is 2. The van der Waals surface area contributed by atoms with Gasteiger partial charge in [-0.1, -0.05) is 140 Å². The fourth-order valence-electron chi connectivity index (χ4n) is 11.2. The minimum absolute atomic E-state index is 0.891. The highest BCUT2D eigenvalue weighted by Gasteiger charge is 2.19. The van der Waals surface area contributed by atoms with Crippen molar-refractivity contribution in [3.8, 4) is 55.9 Å². The number of benzene rings is 11. The Morgan fingerprint density at radius 1 is 0.200 bits per heavy atom. The van der Waals surface area contributed by atoms with Crippen molar-refractivity contribution in [2.24, 2.45) is 0 Å². The second-order valence-corrected chi connectivity index (χ2v) is 18.5. The van der Waals surface area contributed by atoms with Crippen LogP contribution in [0.25, 0.3) is 143 Å². The Bertz CT molecular complexity index is 4300. The molecule has 0 unspecified atom stereocenters. The van der Waals surface area contributed by atoms with E-state index in [1.807, 2.05) is 24.3 Å². The summed E-state index contributed by atoms with van der Waals surface area (Å²) in [5.74, 6) is 0. The second-order valence-electron chi connectivity index (χ2n) is 18.5. The number of nitrogens with zero attached hydrogens (tertiary/aromatic N) is 2. The summed E-state index contributed by atoms with van der Waals surface area (Å²) in [6, 6.07) is 87.8. The van der Waals surface area contributed by atoms with Crippen molar-refractivity contribution >= 4 is 87.5 Å². The van der Waals surface area contributed by atoms with E-state index in [4.69, 9.17) is 8.83 Å². The third-order valence-corrected chi connectivity index (χ3v) is 14.5. The maximum absolute atomic E-state index is 6.26. The van der Waals surface area contributed by atoms with Gasteiger partial charge in [-0.05, 0) is 148 Å². The monoisotopic (exact) mass is 892 g/mol. The summed E-state index contributed by atoms with van der Waals surface area (Å²) in [5.41, 5.74) is 19.9. The highest BCUT2D eigenvalue weighted by atomic mass is 16.3. The van der Waals surface area contributed by atoms with Crippen molar-refractivity contribution in [2.45, 2.75) is 0 Å². The van der Waals surface area contributed by atoms with Crippen LogP contribution in [0.15, 0.2) is 251 Å². The molecular formula is C66H40N2O2. The van der Waals surface area contributed by atoms with Crippen LogP contribution in [0, 0.1) is 0 Å². The summed E-state index contributed by atoms with van der Waals surface area (Å²) in [6.07, 6.45) is 0. The van der Waals surface area contributed by atoms with Gasteiger partial charge >= 0.3 is 0 Å². The zero-order valence-electron chi connectivity index (χ0n) is 37.8. The van der Waals surface area contributed by atoms with Crippen molar-refractivity contribution in [2.75, 3.05) is 0 Å². The van der Waals surface area contributed by atoms with Crippen LogP contribution in [0.5, 0.6) is 0 Å². The van der Waals surface area contributed by atoms with Crippen molar-refractivity contribution < 1.29 is 8.83 Å². The molecule has 0 amide bonds. The van der Waals surface area contributed by atoms with Gasteiger partial charge < -0.3 is 18.0 Å². The third kappa shape index (κ3) is 5.97. The number of furan rings is 2. The van der Waals surface area contributed by atoms with E-state index in [0.717, 1.165) is 77.3 Å². The molecule has 0 N–H and O–H groups in total. The molecule has 4 nitrogen and oxygen atoms in total. The minimum Gasteiger partial charge on any atom is -0.456 e. The molecule has 70 heavy (non-hydrogen) atoms. The number of hydrogen-bond acceptors (Lipinski definition) is 2. The second kappa shape index (κ2) is 15.1. The lowest BCUT2D eigenvalue weighted by Gasteiger charge is -2.10. The summed E-state index contributed by atoms with van der Waals surface area (Å²) < 4.78 is 17.3. The van der Waals surface area contributed by atoms with Crippen LogP contribution in [0.3, 0.4) is 0 Å². The Morgan fingerprint density at radius 2 is 0.529 bits per heavy atom. The molecular weight excluding hydrogens is 853 g/mol. The van der Waals surface area contributed by atoms with Crippen LogP contribution in [-0.2, 0) is 0 Å². The third-order valence-electron chi connectivity index (χ3n) is 14.5.